The molecule has 0 saturated heterocycles. The van der Waals surface area contributed by atoms with Gasteiger partial charge in [0.15, 0.2) is 5.78 Å². The highest BCUT2D eigenvalue weighted by Gasteiger charge is 2.31. The SMILES string of the molecule is CC(=O)c1cc(C)cc(COc2ccc(C(F)(F)F)cc2Cl)c1. The number of Topliss-reactive ketones (excluding diaryl/α,β-unsaturated/α-hetero) is 1. The first kappa shape index (κ1) is 17.3. The molecule has 0 fully saturated rings. The normalized spacial score (nSPS) is 11.4. The zero-order chi connectivity index (χ0) is 17.2. The van der Waals surface area contributed by atoms with E-state index in [0.29, 0.717) is 5.56 Å². The van der Waals surface area contributed by atoms with Crippen LogP contribution in [0.2, 0.25) is 5.02 Å². The van der Waals surface area contributed by atoms with Gasteiger partial charge in [-0.15, -0.1) is 0 Å². The Morgan fingerprint density at radius 2 is 1.87 bits per heavy atom. The van der Waals surface area contributed by atoms with Crippen LogP contribution in [0.4, 0.5) is 13.2 Å². The third-order valence-corrected chi connectivity index (χ3v) is 3.49. The van der Waals surface area contributed by atoms with Crippen molar-refractivity contribution in [3.05, 3.63) is 63.7 Å². The van der Waals surface area contributed by atoms with Crippen LogP contribution in [0.1, 0.15) is 34.0 Å². The van der Waals surface area contributed by atoms with Gasteiger partial charge in [-0.2, -0.15) is 13.2 Å². The second kappa shape index (κ2) is 6.62. The fraction of sp³-hybridized carbons (Fsp3) is 0.235. The standard InChI is InChI=1S/C17H14ClF3O2/c1-10-5-12(7-13(6-10)11(2)22)9-23-16-4-3-14(8-15(16)18)17(19,20)21/h3-8H,9H2,1-2H3. The summed E-state index contributed by atoms with van der Waals surface area (Å²) in [6.45, 7) is 3.42. The topological polar surface area (TPSA) is 26.3 Å². The molecule has 0 aliphatic rings. The van der Waals surface area contributed by atoms with E-state index in [0.717, 1.165) is 23.3 Å². The van der Waals surface area contributed by atoms with Gasteiger partial charge in [0, 0.05) is 5.56 Å². The van der Waals surface area contributed by atoms with Gasteiger partial charge in [0.25, 0.3) is 0 Å². The van der Waals surface area contributed by atoms with Gasteiger partial charge in [-0.3, -0.25) is 4.79 Å². The number of aryl methyl sites for hydroxylation is 1. The van der Waals surface area contributed by atoms with Crippen molar-refractivity contribution in [1.29, 1.82) is 0 Å². The van der Waals surface area contributed by atoms with Gasteiger partial charge in [0.1, 0.15) is 12.4 Å². The first-order valence-electron chi connectivity index (χ1n) is 6.78. The van der Waals surface area contributed by atoms with Crippen molar-refractivity contribution in [3.63, 3.8) is 0 Å². The van der Waals surface area contributed by atoms with Crippen LogP contribution in [0, 0.1) is 6.92 Å². The molecule has 0 aliphatic heterocycles. The van der Waals surface area contributed by atoms with Crippen LogP contribution in [0.25, 0.3) is 0 Å². The molecule has 2 aromatic carbocycles. The number of ether oxygens (including phenoxy) is 1. The molecule has 23 heavy (non-hydrogen) atoms. The second-order valence-electron chi connectivity index (χ2n) is 5.20. The number of carbonyl (C=O) groups excluding carboxylic acids is 1. The van der Waals surface area contributed by atoms with E-state index in [2.05, 4.69) is 0 Å². The van der Waals surface area contributed by atoms with Gasteiger partial charge >= 0.3 is 6.18 Å². The van der Waals surface area contributed by atoms with E-state index in [4.69, 9.17) is 16.3 Å². The Balaban J connectivity index is 2.17. The molecule has 2 aromatic rings. The van der Waals surface area contributed by atoms with Gasteiger partial charge in [-0.1, -0.05) is 23.2 Å². The molecule has 0 N–H and O–H groups in total. The lowest BCUT2D eigenvalue weighted by molar-refractivity contribution is -0.137. The Morgan fingerprint density at radius 1 is 1.17 bits per heavy atom. The van der Waals surface area contributed by atoms with E-state index in [1.54, 1.807) is 12.1 Å². The van der Waals surface area contributed by atoms with Crippen molar-refractivity contribution in [2.45, 2.75) is 26.6 Å². The van der Waals surface area contributed by atoms with Crippen LogP contribution >= 0.6 is 11.6 Å². The first-order valence-corrected chi connectivity index (χ1v) is 7.15. The number of alkyl halides is 3. The number of halogens is 4. The maximum absolute atomic E-state index is 12.6. The molecule has 122 valence electrons. The Labute approximate surface area is 136 Å². The Hall–Kier alpha value is -2.01. The summed E-state index contributed by atoms with van der Waals surface area (Å²) < 4.78 is 43.2. The molecule has 2 rings (SSSR count). The predicted molar refractivity (Wildman–Crippen MR) is 82.0 cm³/mol. The summed E-state index contributed by atoms with van der Waals surface area (Å²) in [6.07, 6.45) is -4.45. The number of hydrogen-bond acceptors (Lipinski definition) is 2. The van der Waals surface area contributed by atoms with E-state index >= 15 is 0 Å². The average Bonchev–Trinajstić information content (AvgIpc) is 2.44. The molecular formula is C17H14ClF3O2. The molecule has 0 heterocycles. The minimum Gasteiger partial charge on any atom is -0.487 e. The monoisotopic (exact) mass is 342 g/mol. The summed E-state index contributed by atoms with van der Waals surface area (Å²) in [5.74, 6) is 0.0908. The lowest BCUT2D eigenvalue weighted by Gasteiger charge is -2.12. The second-order valence-corrected chi connectivity index (χ2v) is 5.60. The highest BCUT2D eigenvalue weighted by molar-refractivity contribution is 6.32. The molecule has 0 aliphatic carbocycles. The van der Waals surface area contributed by atoms with E-state index < -0.39 is 11.7 Å². The molecular weight excluding hydrogens is 329 g/mol. The molecule has 0 spiro atoms. The van der Waals surface area contributed by atoms with Crippen molar-refractivity contribution < 1.29 is 22.7 Å². The molecule has 0 aromatic heterocycles. The van der Waals surface area contributed by atoms with Crippen LogP contribution in [-0.2, 0) is 12.8 Å². The van der Waals surface area contributed by atoms with Crippen LogP contribution in [0.3, 0.4) is 0 Å². The third-order valence-electron chi connectivity index (χ3n) is 3.20. The molecule has 0 saturated carbocycles. The molecule has 0 unspecified atom stereocenters. The first-order chi connectivity index (χ1) is 10.7. The van der Waals surface area contributed by atoms with Gasteiger partial charge in [0.2, 0.25) is 0 Å². The Bertz CT molecular complexity index is 739. The fourth-order valence-electron chi connectivity index (χ4n) is 2.10. The summed E-state index contributed by atoms with van der Waals surface area (Å²) in [7, 11) is 0. The van der Waals surface area contributed by atoms with E-state index in [-0.39, 0.29) is 23.2 Å². The van der Waals surface area contributed by atoms with E-state index in [9.17, 15) is 18.0 Å². The fourth-order valence-corrected chi connectivity index (χ4v) is 2.34. The lowest BCUT2D eigenvalue weighted by Crippen LogP contribution is -2.05. The van der Waals surface area contributed by atoms with Crippen LogP contribution < -0.4 is 4.74 Å². The molecule has 0 atom stereocenters. The van der Waals surface area contributed by atoms with E-state index in [1.807, 2.05) is 13.0 Å². The van der Waals surface area contributed by atoms with Crippen molar-refractivity contribution in [3.8, 4) is 5.75 Å². The van der Waals surface area contributed by atoms with Crippen LogP contribution in [-0.4, -0.2) is 5.78 Å². The smallest absolute Gasteiger partial charge is 0.416 e. The Morgan fingerprint density at radius 3 is 2.43 bits per heavy atom. The van der Waals surface area contributed by atoms with Gasteiger partial charge in [0.05, 0.1) is 10.6 Å². The summed E-state index contributed by atoms with van der Waals surface area (Å²) in [4.78, 5) is 11.4. The highest BCUT2D eigenvalue weighted by atomic mass is 35.5. The quantitative estimate of drug-likeness (QED) is 0.691. The zero-order valence-electron chi connectivity index (χ0n) is 12.5. The van der Waals surface area contributed by atoms with Gasteiger partial charge in [-0.05, 0) is 49.7 Å². The lowest BCUT2D eigenvalue weighted by atomic mass is 10.0. The van der Waals surface area contributed by atoms with Crippen LogP contribution in [0.5, 0.6) is 5.75 Å². The molecule has 0 radical (unpaired) electrons. The molecule has 0 amide bonds. The largest absolute Gasteiger partial charge is 0.487 e. The van der Waals surface area contributed by atoms with Crippen molar-refractivity contribution in [2.24, 2.45) is 0 Å². The highest BCUT2D eigenvalue weighted by Crippen LogP contribution is 2.34. The summed E-state index contributed by atoms with van der Waals surface area (Å²) >= 11 is 5.84. The molecule has 2 nitrogen and oxygen atoms in total. The molecule has 6 heteroatoms. The van der Waals surface area contributed by atoms with Crippen molar-refractivity contribution in [1.82, 2.24) is 0 Å². The van der Waals surface area contributed by atoms with Gasteiger partial charge in [-0.25, -0.2) is 0 Å². The summed E-state index contributed by atoms with van der Waals surface area (Å²) in [5, 5.41) is -0.112. The Kier molecular flexibility index (Phi) is 5.00. The minimum atomic E-state index is -4.45. The third kappa shape index (κ3) is 4.48. The average molecular weight is 343 g/mol. The zero-order valence-corrected chi connectivity index (χ0v) is 13.3. The van der Waals surface area contributed by atoms with Crippen molar-refractivity contribution >= 4 is 17.4 Å². The minimum absolute atomic E-state index is 0.0671. The summed E-state index contributed by atoms with van der Waals surface area (Å²) in [6, 6.07) is 8.22. The predicted octanol–water partition coefficient (Wildman–Crippen LogP) is 5.45. The van der Waals surface area contributed by atoms with Crippen LogP contribution in [0.15, 0.2) is 36.4 Å². The van der Waals surface area contributed by atoms with E-state index in [1.165, 1.54) is 13.0 Å². The number of ketones is 1. The summed E-state index contributed by atoms with van der Waals surface area (Å²) in [5.41, 5.74) is 1.37. The number of rotatable bonds is 4. The van der Waals surface area contributed by atoms with Crippen molar-refractivity contribution in [2.75, 3.05) is 0 Å². The number of hydrogen-bond donors (Lipinski definition) is 0. The maximum atomic E-state index is 12.6. The van der Waals surface area contributed by atoms with Gasteiger partial charge < -0.3 is 4.74 Å². The maximum Gasteiger partial charge on any atom is 0.416 e. The number of carbonyl (C=O) groups is 1. The molecule has 0 bridgehead atoms. The number of benzene rings is 2.